The van der Waals surface area contributed by atoms with Crippen LogP contribution in [-0.4, -0.2) is 17.1 Å². The third-order valence-electron chi connectivity index (χ3n) is 2.20. The van der Waals surface area contributed by atoms with Crippen molar-refractivity contribution < 1.29 is 23.1 Å². The van der Waals surface area contributed by atoms with Gasteiger partial charge in [0.05, 0.1) is 0 Å². The van der Waals surface area contributed by atoms with E-state index in [2.05, 4.69) is 0 Å². The van der Waals surface area contributed by atoms with Gasteiger partial charge in [-0.1, -0.05) is 13.8 Å². The number of rotatable bonds is 3. The van der Waals surface area contributed by atoms with Crippen LogP contribution in [0.4, 0.5) is 13.2 Å². The predicted molar refractivity (Wildman–Crippen MR) is 50.4 cm³/mol. The minimum absolute atomic E-state index is 0.434. The van der Waals surface area contributed by atoms with Crippen LogP contribution in [0.25, 0.3) is 0 Å². The highest BCUT2D eigenvalue weighted by Gasteiger charge is 2.50. The van der Waals surface area contributed by atoms with Crippen LogP contribution in [0.3, 0.4) is 0 Å². The van der Waals surface area contributed by atoms with Crippen LogP contribution in [-0.2, 0) is 4.79 Å². The number of aliphatic hydroxyl groups excluding tert-OH is 1. The largest absolute Gasteiger partial charge is 0.511 e. The first-order chi connectivity index (χ1) is 6.50. The van der Waals surface area contributed by atoms with Gasteiger partial charge in [-0.3, -0.25) is 4.79 Å². The molecule has 0 bridgehead atoms. The Labute approximate surface area is 86.8 Å². The van der Waals surface area contributed by atoms with Crippen molar-refractivity contribution in [2.45, 2.75) is 33.9 Å². The lowest BCUT2D eigenvalue weighted by Crippen LogP contribution is -2.34. The molecule has 0 atom stereocenters. The number of allylic oxidation sites excluding steroid dienone is 2. The summed E-state index contributed by atoms with van der Waals surface area (Å²) in [7, 11) is 0. The van der Waals surface area contributed by atoms with Crippen molar-refractivity contribution in [3.63, 3.8) is 0 Å². The Morgan fingerprint density at radius 2 is 1.67 bits per heavy atom. The van der Waals surface area contributed by atoms with Crippen LogP contribution in [0.15, 0.2) is 11.8 Å². The summed E-state index contributed by atoms with van der Waals surface area (Å²) in [6.45, 7) is 4.75. The zero-order valence-corrected chi connectivity index (χ0v) is 9.14. The summed E-state index contributed by atoms with van der Waals surface area (Å²) in [6.07, 6.45) is -3.93. The highest BCUT2D eigenvalue weighted by Crippen LogP contribution is 2.42. The standard InChI is InChI=1S/C10H15F3O2/c1-6(2)7(14)5-8(15)9(3,4)10(11,12)13/h5-6,15H,1-4H3/b8-5-. The van der Waals surface area contributed by atoms with Crippen molar-refractivity contribution in [2.75, 3.05) is 0 Å². The zero-order chi connectivity index (χ0) is 12.4. The second kappa shape index (κ2) is 4.24. The Kier molecular flexibility index (Phi) is 3.96. The van der Waals surface area contributed by atoms with Gasteiger partial charge >= 0.3 is 6.18 Å². The molecule has 0 aromatic carbocycles. The summed E-state index contributed by atoms with van der Waals surface area (Å²) in [5.41, 5.74) is -2.39. The Morgan fingerprint density at radius 3 is 1.93 bits per heavy atom. The fourth-order valence-electron chi connectivity index (χ4n) is 0.627. The van der Waals surface area contributed by atoms with Gasteiger partial charge < -0.3 is 5.11 Å². The van der Waals surface area contributed by atoms with Gasteiger partial charge in [-0.15, -0.1) is 0 Å². The van der Waals surface area contributed by atoms with E-state index in [1.807, 2.05) is 0 Å². The minimum atomic E-state index is -4.58. The van der Waals surface area contributed by atoms with Crippen molar-refractivity contribution in [3.8, 4) is 0 Å². The molecule has 88 valence electrons. The summed E-state index contributed by atoms with van der Waals surface area (Å²) < 4.78 is 37.3. The van der Waals surface area contributed by atoms with Gasteiger partial charge in [0.1, 0.15) is 11.2 Å². The van der Waals surface area contributed by atoms with Gasteiger partial charge in [-0.05, 0) is 13.8 Å². The lowest BCUT2D eigenvalue weighted by Gasteiger charge is -2.26. The van der Waals surface area contributed by atoms with Gasteiger partial charge in [0.15, 0.2) is 5.78 Å². The molecule has 1 N–H and O–H groups in total. The normalized spacial score (nSPS) is 14.5. The Balaban J connectivity index is 5.01. The molecule has 0 radical (unpaired) electrons. The van der Waals surface area contributed by atoms with Crippen LogP contribution in [0, 0.1) is 11.3 Å². The lowest BCUT2D eigenvalue weighted by molar-refractivity contribution is -0.206. The van der Waals surface area contributed by atoms with Gasteiger partial charge in [0.25, 0.3) is 0 Å². The number of hydrogen-bond acceptors (Lipinski definition) is 2. The van der Waals surface area contributed by atoms with Crippen molar-refractivity contribution in [2.24, 2.45) is 11.3 Å². The average molecular weight is 224 g/mol. The zero-order valence-electron chi connectivity index (χ0n) is 9.14. The number of carbonyl (C=O) groups excluding carboxylic acids is 1. The van der Waals surface area contributed by atoms with Crippen molar-refractivity contribution in [1.82, 2.24) is 0 Å². The van der Waals surface area contributed by atoms with Gasteiger partial charge in [-0.2, -0.15) is 13.2 Å². The Hall–Kier alpha value is -1.00. The van der Waals surface area contributed by atoms with Crippen LogP contribution < -0.4 is 0 Å². The van der Waals surface area contributed by atoms with Gasteiger partial charge in [-0.25, -0.2) is 0 Å². The molecule has 0 unspecified atom stereocenters. The number of aliphatic hydroxyl groups is 1. The fourth-order valence-corrected chi connectivity index (χ4v) is 0.627. The molecule has 15 heavy (non-hydrogen) atoms. The fraction of sp³-hybridized carbons (Fsp3) is 0.700. The number of alkyl halides is 3. The summed E-state index contributed by atoms with van der Waals surface area (Å²) in [4.78, 5) is 11.1. The molecule has 5 heteroatoms. The first-order valence-electron chi connectivity index (χ1n) is 4.52. The summed E-state index contributed by atoms with van der Waals surface area (Å²) in [5.74, 6) is -1.91. The second-order valence-corrected chi connectivity index (χ2v) is 4.21. The number of hydrogen-bond donors (Lipinski definition) is 1. The molecule has 0 aliphatic heterocycles. The first-order valence-corrected chi connectivity index (χ1v) is 4.52. The SMILES string of the molecule is CC(C)C(=O)/C=C(\O)C(C)(C)C(F)(F)F. The molecule has 0 aromatic heterocycles. The number of halogens is 3. The van der Waals surface area contributed by atoms with E-state index in [4.69, 9.17) is 0 Å². The third kappa shape index (κ3) is 3.25. The minimum Gasteiger partial charge on any atom is -0.511 e. The van der Waals surface area contributed by atoms with E-state index in [1.54, 1.807) is 13.8 Å². The van der Waals surface area contributed by atoms with E-state index in [0.717, 1.165) is 13.8 Å². The molecule has 0 saturated carbocycles. The van der Waals surface area contributed by atoms with Crippen molar-refractivity contribution in [1.29, 1.82) is 0 Å². The molecule has 0 aromatic rings. The van der Waals surface area contributed by atoms with Crippen LogP contribution in [0.2, 0.25) is 0 Å². The average Bonchev–Trinajstić information content (AvgIpc) is 2.01. The lowest BCUT2D eigenvalue weighted by atomic mass is 9.88. The first kappa shape index (κ1) is 14.0. The Morgan fingerprint density at radius 1 is 1.27 bits per heavy atom. The van der Waals surface area contributed by atoms with E-state index in [9.17, 15) is 23.1 Å². The van der Waals surface area contributed by atoms with Gasteiger partial charge in [0, 0.05) is 12.0 Å². The molecule has 0 spiro atoms. The summed E-state index contributed by atoms with van der Waals surface area (Å²) >= 11 is 0. The van der Waals surface area contributed by atoms with E-state index in [-0.39, 0.29) is 0 Å². The molecule has 0 aliphatic carbocycles. The number of carbonyl (C=O) groups is 1. The highest BCUT2D eigenvalue weighted by atomic mass is 19.4. The van der Waals surface area contributed by atoms with E-state index in [1.165, 1.54) is 0 Å². The smallest absolute Gasteiger partial charge is 0.400 e. The molecule has 0 heterocycles. The van der Waals surface area contributed by atoms with E-state index >= 15 is 0 Å². The second-order valence-electron chi connectivity index (χ2n) is 4.21. The van der Waals surface area contributed by atoms with Crippen LogP contribution >= 0.6 is 0 Å². The molecule has 0 aliphatic rings. The molecule has 0 fully saturated rings. The Bertz CT molecular complexity index is 275. The van der Waals surface area contributed by atoms with E-state index in [0.29, 0.717) is 6.08 Å². The van der Waals surface area contributed by atoms with Crippen molar-refractivity contribution >= 4 is 5.78 Å². The highest BCUT2D eigenvalue weighted by molar-refractivity contribution is 5.91. The topological polar surface area (TPSA) is 37.3 Å². The summed E-state index contributed by atoms with van der Waals surface area (Å²) in [6, 6.07) is 0. The molecule has 2 nitrogen and oxygen atoms in total. The van der Waals surface area contributed by atoms with Crippen LogP contribution in [0.5, 0.6) is 0 Å². The maximum absolute atomic E-state index is 12.4. The molecule has 0 rings (SSSR count). The maximum Gasteiger partial charge on any atom is 0.400 e. The molecular formula is C10H15F3O2. The van der Waals surface area contributed by atoms with Crippen LogP contribution in [0.1, 0.15) is 27.7 Å². The van der Waals surface area contributed by atoms with Crippen molar-refractivity contribution in [3.05, 3.63) is 11.8 Å². The molecule has 0 amide bonds. The number of ketones is 1. The monoisotopic (exact) mass is 224 g/mol. The third-order valence-corrected chi connectivity index (χ3v) is 2.20. The van der Waals surface area contributed by atoms with Gasteiger partial charge in [0.2, 0.25) is 0 Å². The molecule has 0 saturated heterocycles. The van der Waals surface area contributed by atoms with E-state index < -0.39 is 29.1 Å². The summed E-state index contributed by atoms with van der Waals surface area (Å²) in [5, 5.41) is 9.25. The maximum atomic E-state index is 12.4. The predicted octanol–water partition coefficient (Wildman–Crippen LogP) is 3.24. The molecular weight excluding hydrogens is 209 g/mol. The quantitative estimate of drug-likeness (QED) is 0.590.